The lowest BCUT2D eigenvalue weighted by Gasteiger charge is -2.27. The molecule has 170 valence electrons. The summed E-state index contributed by atoms with van der Waals surface area (Å²) in [4.78, 5) is 0. The van der Waals surface area contributed by atoms with Crippen LogP contribution in [0.15, 0.2) is 78.9 Å². The van der Waals surface area contributed by atoms with Gasteiger partial charge in [0.2, 0.25) is 0 Å². The molecule has 33 heavy (non-hydrogen) atoms. The third kappa shape index (κ3) is 4.35. The summed E-state index contributed by atoms with van der Waals surface area (Å²) in [5.74, 6) is 0.882. The average Bonchev–Trinajstić information content (AvgIpc) is 2.85. The van der Waals surface area contributed by atoms with E-state index in [-0.39, 0.29) is 25.6 Å². The van der Waals surface area contributed by atoms with E-state index in [2.05, 4.69) is 66.0 Å². The molecule has 0 aliphatic heterocycles. The maximum Gasteiger partial charge on any atom is 0.127 e. The number of nitrogens with one attached hydrogen (secondary N) is 1. The fourth-order valence-corrected chi connectivity index (χ4v) is 4.32. The van der Waals surface area contributed by atoms with Crippen molar-refractivity contribution in [2.75, 3.05) is 13.2 Å². The Bertz CT molecular complexity index is 1370. The van der Waals surface area contributed by atoms with Crippen LogP contribution in [0.1, 0.15) is 18.1 Å². The first-order chi connectivity index (χ1) is 15.6. The van der Waals surface area contributed by atoms with Gasteiger partial charge in [0, 0.05) is 17.3 Å². The summed E-state index contributed by atoms with van der Waals surface area (Å²) in [6.45, 7) is 2.65. The van der Waals surface area contributed by atoms with Crippen molar-refractivity contribution in [2.24, 2.45) is 0 Å². The Morgan fingerprint density at radius 1 is 0.758 bits per heavy atom. The summed E-state index contributed by atoms with van der Waals surface area (Å²) in [7, 11) is 0. The van der Waals surface area contributed by atoms with Crippen LogP contribution >= 0.6 is 12.4 Å². The molecule has 0 aromatic heterocycles. The third-order valence-electron chi connectivity index (χ3n) is 6.36. The van der Waals surface area contributed by atoms with Gasteiger partial charge in [-0.25, -0.2) is 0 Å². The predicted octanol–water partition coefficient (Wildman–Crippen LogP) is 5.42. The van der Waals surface area contributed by atoms with Gasteiger partial charge in [-0.1, -0.05) is 66.7 Å². The van der Waals surface area contributed by atoms with Gasteiger partial charge in [-0.05, 0) is 51.7 Å². The molecule has 0 spiro atoms. The van der Waals surface area contributed by atoms with E-state index in [9.17, 15) is 10.2 Å². The quantitative estimate of drug-likeness (QED) is 0.270. The molecule has 0 fully saturated rings. The van der Waals surface area contributed by atoms with Crippen molar-refractivity contribution >= 4 is 44.7 Å². The number of halogens is 1. The van der Waals surface area contributed by atoms with Gasteiger partial charge in [-0.2, -0.15) is 0 Å². The van der Waals surface area contributed by atoms with Gasteiger partial charge in [0.25, 0.3) is 0 Å². The van der Waals surface area contributed by atoms with Crippen molar-refractivity contribution in [1.29, 1.82) is 0 Å². The van der Waals surface area contributed by atoms with Gasteiger partial charge in [0.15, 0.2) is 0 Å². The SMILES string of the molecule is CC(CO)(CO)NCc1ccc2ccc3ccc(OCc4ccccc4)c4ccc1c2c34.Cl. The molecule has 0 bridgehead atoms. The average molecular weight is 462 g/mol. The topological polar surface area (TPSA) is 61.7 Å². The van der Waals surface area contributed by atoms with Gasteiger partial charge < -0.3 is 20.3 Å². The predicted molar refractivity (Wildman–Crippen MR) is 138 cm³/mol. The summed E-state index contributed by atoms with van der Waals surface area (Å²) in [6.07, 6.45) is 0. The molecular weight excluding hydrogens is 434 g/mol. The van der Waals surface area contributed by atoms with E-state index < -0.39 is 5.54 Å². The number of aliphatic hydroxyl groups excluding tert-OH is 2. The highest BCUT2D eigenvalue weighted by Crippen LogP contribution is 2.40. The van der Waals surface area contributed by atoms with Crippen molar-refractivity contribution in [3.63, 3.8) is 0 Å². The summed E-state index contributed by atoms with van der Waals surface area (Å²) in [6, 6.07) is 27.3. The first kappa shape index (κ1) is 23.3. The van der Waals surface area contributed by atoms with Crippen molar-refractivity contribution < 1.29 is 14.9 Å². The van der Waals surface area contributed by atoms with Crippen LogP contribution in [-0.2, 0) is 13.2 Å². The van der Waals surface area contributed by atoms with E-state index in [0.29, 0.717) is 13.2 Å². The number of ether oxygens (including phenoxy) is 1. The van der Waals surface area contributed by atoms with Gasteiger partial charge in [0.05, 0.1) is 18.8 Å². The van der Waals surface area contributed by atoms with Gasteiger partial charge in [-0.3, -0.25) is 0 Å². The highest BCUT2D eigenvalue weighted by molar-refractivity contribution is 6.24. The smallest absolute Gasteiger partial charge is 0.127 e. The molecule has 0 amide bonds. The molecule has 0 saturated carbocycles. The Labute approximate surface area is 199 Å². The number of rotatable bonds is 8. The Kier molecular flexibility index (Phi) is 6.73. The largest absolute Gasteiger partial charge is 0.488 e. The molecular formula is C28H28ClNO3. The Morgan fingerprint density at radius 3 is 2.06 bits per heavy atom. The molecule has 0 radical (unpaired) electrons. The maximum absolute atomic E-state index is 9.63. The molecule has 0 saturated heterocycles. The van der Waals surface area contributed by atoms with Crippen molar-refractivity contribution in [3.8, 4) is 5.75 Å². The Balaban J connectivity index is 0.00000259. The molecule has 0 heterocycles. The van der Waals surface area contributed by atoms with Crippen molar-refractivity contribution in [3.05, 3.63) is 90.0 Å². The number of hydrogen-bond acceptors (Lipinski definition) is 4. The summed E-state index contributed by atoms with van der Waals surface area (Å²) >= 11 is 0. The lowest BCUT2D eigenvalue weighted by atomic mass is 9.91. The molecule has 5 aromatic rings. The molecule has 5 rings (SSSR count). The maximum atomic E-state index is 9.63. The second kappa shape index (κ2) is 9.54. The van der Waals surface area contributed by atoms with Crippen molar-refractivity contribution in [1.82, 2.24) is 5.32 Å². The minimum Gasteiger partial charge on any atom is -0.488 e. The third-order valence-corrected chi connectivity index (χ3v) is 6.36. The van der Waals surface area contributed by atoms with Crippen LogP contribution in [0.3, 0.4) is 0 Å². The Hall–Kier alpha value is -2.89. The fraction of sp³-hybridized carbons (Fsp3) is 0.214. The minimum atomic E-state index is -0.720. The van der Waals surface area contributed by atoms with Crippen LogP contribution in [0, 0.1) is 0 Å². The van der Waals surface area contributed by atoms with Crippen LogP contribution in [0.4, 0.5) is 0 Å². The highest BCUT2D eigenvalue weighted by atomic mass is 35.5. The number of aliphatic hydroxyl groups is 2. The van der Waals surface area contributed by atoms with E-state index in [1.807, 2.05) is 25.1 Å². The van der Waals surface area contributed by atoms with Gasteiger partial charge in [0.1, 0.15) is 12.4 Å². The molecule has 5 aromatic carbocycles. The zero-order chi connectivity index (χ0) is 22.1. The monoisotopic (exact) mass is 461 g/mol. The van der Waals surface area contributed by atoms with Crippen LogP contribution in [-0.4, -0.2) is 29.0 Å². The molecule has 0 atom stereocenters. The van der Waals surface area contributed by atoms with Crippen LogP contribution in [0.25, 0.3) is 32.3 Å². The fourth-order valence-electron chi connectivity index (χ4n) is 4.32. The van der Waals surface area contributed by atoms with Gasteiger partial charge in [-0.15, -0.1) is 12.4 Å². The zero-order valence-electron chi connectivity index (χ0n) is 18.5. The summed E-state index contributed by atoms with van der Waals surface area (Å²) in [5, 5.41) is 29.6. The van der Waals surface area contributed by atoms with Gasteiger partial charge >= 0.3 is 0 Å². The molecule has 0 aliphatic rings. The Morgan fingerprint density at radius 2 is 1.36 bits per heavy atom. The molecule has 5 heteroatoms. The van der Waals surface area contributed by atoms with Crippen LogP contribution < -0.4 is 10.1 Å². The molecule has 3 N–H and O–H groups in total. The van der Waals surface area contributed by atoms with Crippen LogP contribution in [0.5, 0.6) is 5.75 Å². The summed E-state index contributed by atoms with van der Waals surface area (Å²) < 4.78 is 6.23. The van der Waals surface area contributed by atoms with E-state index in [1.54, 1.807) is 0 Å². The summed E-state index contributed by atoms with van der Waals surface area (Å²) in [5.41, 5.74) is 1.56. The highest BCUT2D eigenvalue weighted by Gasteiger charge is 2.22. The minimum absolute atomic E-state index is 0. The van der Waals surface area contributed by atoms with E-state index in [0.717, 1.165) is 22.3 Å². The lowest BCUT2D eigenvalue weighted by Crippen LogP contribution is -2.48. The van der Waals surface area contributed by atoms with E-state index in [1.165, 1.54) is 26.9 Å². The standard InChI is InChI=1S/C28H27NO3.ClH/c1-28(17-30,18-31)29-15-22-10-9-20-7-8-21-11-14-25(32-16-19-5-3-2-4-6-19)24-13-12-23(22)26(20)27(21)24;/h2-14,29-31H,15-18H2,1H3;1H. The number of benzene rings is 5. The normalized spacial score (nSPS) is 11.8. The second-order valence-electron chi connectivity index (χ2n) is 8.72. The van der Waals surface area contributed by atoms with Crippen LogP contribution in [0.2, 0.25) is 0 Å². The molecule has 4 nitrogen and oxygen atoms in total. The van der Waals surface area contributed by atoms with E-state index >= 15 is 0 Å². The van der Waals surface area contributed by atoms with E-state index in [4.69, 9.17) is 4.74 Å². The first-order valence-corrected chi connectivity index (χ1v) is 10.9. The molecule has 0 aliphatic carbocycles. The number of hydrogen-bond donors (Lipinski definition) is 3. The zero-order valence-corrected chi connectivity index (χ0v) is 19.4. The van der Waals surface area contributed by atoms with Crippen molar-refractivity contribution in [2.45, 2.75) is 25.6 Å². The first-order valence-electron chi connectivity index (χ1n) is 10.9. The second-order valence-corrected chi connectivity index (χ2v) is 8.72. The lowest BCUT2D eigenvalue weighted by molar-refractivity contribution is 0.103. The molecule has 0 unspecified atom stereocenters.